The van der Waals surface area contributed by atoms with E-state index in [-0.39, 0.29) is 46.4 Å². The van der Waals surface area contributed by atoms with Crippen molar-refractivity contribution in [2.45, 2.75) is 32.2 Å². The maximum absolute atomic E-state index is 14.2. The maximum atomic E-state index is 14.2. The second-order valence-electron chi connectivity index (χ2n) is 6.92. The minimum atomic E-state index is -3.16. The molecule has 1 aliphatic carbocycles. The van der Waals surface area contributed by atoms with Crippen LogP contribution in [0.15, 0.2) is 46.3 Å². The number of furan rings is 1. The Morgan fingerprint density at radius 1 is 1.34 bits per heavy atom. The zero-order chi connectivity index (χ0) is 21.3. The molecule has 1 heterocycles. The molecule has 4 N–H and O–H groups in total. The quantitative estimate of drug-likeness (QED) is 0.528. The number of Topliss-reactive ketones (excluding diaryl/α,β-unsaturated/α-hetero) is 1. The Labute approximate surface area is 165 Å². The summed E-state index contributed by atoms with van der Waals surface area (Å²) in [7, 11) is 1.42. The lowest BCUT2D eigenvalue weighted by molar-refractivity contribution is -0.116. The number of hydrogen-bond donors (Lipinski definition) is 4. The fourth-order valence-corrected chi connectivity index (χ4v) is 2.99. The summed E-state index contributed by atoms with van der Waals surface area (Å²) in [5, 5.41) is 18.1. The molecule has 1 atom stereocenters. The molecule has 0 spiro atoms. The van der Waals surface area contributed by atoms with E-state index in [1.807, 2.05) is 0 Å². The van der Waals surface area contributed by atoms with E-state index in [1.165, 1.54) is 37.6 Å². The summed E-state index contributed by atoms with van der Waals surface area (Å²) < 4.78 is 33.5. The van der Waals surface area contributed by atoms with Gasteiger partial charge in [0.2, 0.25) is 0 Å². The third-order valence-electron chi connectivity index (χ3n) is 4.55. The number of amides is 1. The van der Waals surface area contributed by atoms with Crippen molar-refractivity contribution in [1.29, 1.82) is 0 Å². The van der Waals surface area contributed by atoms with Gasteiger partial charge in [-0.05, 0) is 30.7 Å². The number of anilines is 1. The number of alkyl halides is 2. The van der Waals surface area contributed by atoms with Crippen molar-refractivity contribution in [3.63, 3.8) is 0 Å². The lowest BCUT2D eigenvalue weighted by Crippen LogP contribution is -2.40. The molecule has 9 heteroatoms. The highest BCUT2D eigenvalue weighted by Gasteiger charge is 2.41. The number of ketones is 1. The SMILES string of the molecule is CNC(=O)c1cccc(NC2=C(N[C@@H](c3cc(C)co3)C(C)(F)F)CC2=O)c1O. The molecule has 0 fully saturated rings. The lowest BCUT2D eigenvalue weighted by atomic mass is 9.96. The Balaban J connectivity index is 1.90. The van der Waals surface area contributed by atoms with Gasteiger partial charge in [-0.25, -0.2) is 8.78 Å². The summed E-state index contributed by atoms with van der Waals surface area (Å²) in [6, 6.07) is 4.45. The molecule has 0 radical (unpaired) electrons. The number of carbonyl (C=O) groups is 2. The van der Waals surface area contributed by atoms with E-state index in [0.29, 0.717) is 5.56 Å². The van der Waals surface area contributed by atoms with Crippen molar-refractivity contribution >= 4 is 17.4 Å². The van der Waals surface area contributed by atoms with Crippen LogP contribution >= 0.6 is 0 Å². The molecule has 29 heavy (non-hydrogen) atoms. The number of carbonyl (C=O) groups excluding carboxylic acids is 2. The molecule has 154 valence electrons. The first kappa shape index (κ1) is 20.4. The van der Waals surface area contributed by atoms with E-state index in [4.69, 9.17) is 4.42 Å². The van der Waals surface area contributed by atoms with Gasteiger partial charge in [-0.2, -0.15) is 0 Å². The Bertz CT molecular complexity index is 992. The van der Waals surface area contributed by atoms with Gasteiger partial charge < -0.3 is 25.5 Å². The van der Waals surface area contributed by atoms with Crippen LogP contribution in [0.3, 0.4) is 0 Å². The van der Waals surface area contributed by atoms with E-state index in [0.717, 1.165) is 6.92 Å². The van der Waals surface area contributed by atoms with Crippen LogP contribution in [-0.4, -0.2) is 29.8 Å². The monoisotopic (exact) mass is 405 g/mol. The van der Waals surface area contributed by atoms with Crippen LogP contribution in [0, 0.1) is 6.92 Å². The first-order valence-electron chi connectivity index (χ1n) is 8.88. The highest BCUT2D eigenvalue weighted by atomic mass is 19.3. The topological polar surface area (TPSA) is 104 Å². The van der Waals surface area contributed by atoms with Gasteiger partial charge in [0.25, 0.3) is 11.8 Å². The minimum absolute atomic E-state index is 0.0170. The van der Waals surface area contributed by atoms with E-state index in [2.05, 4.69) is 16.0 Å². The second kappa shape index (κ2) is 7.57. The summed E-state index contributed by atoms with van der Waals surface area (Å²) in [4.78, 5) is 23.9. The van der Waals surface area contributed by atoms with Gasteiger partial charge in [0, 0.05) is 19.7 Å². The Morgan fingerprint density at radius 3 is 2.62 bits per heavy atom. The molecule has 0 saturated heterocycles. The lowest BCUT2D eigenvalue weighted by Gasteiger charge is -2.31. The van der Waals surface area contributed by atoms with Crippen molar-refractivity contribution in [2.24, 2.45) is 0 Å². The zero-order valence-electron chi connectivity index (χ0n) is 16.1. The molecule has 0 bridgehead atoms. The van der Waals surface area contributed by atoms with E-state index >= 15 is 0 Å². The maximum Gasteiger partial charge on any atom is 0.272 e. The van der Waals surface area contributed by atoms with Gasteiger partial charge in [-0.1, -0.05) is 6.07 Å². The molecule has 3 rings (SSSR count). The van der Waals surface area contributed by atoms with Gasteiger partial charge in [-0.3, -0.25) is 9.59 Å². The van der Waals surface area contributed by atoms with Gasteiger partial charge in [0.05, 0.1) is 23.9 Å². The smallest absolute Gasteiger partial charge is 0.272 e. The minimum Gasteiger partial charge on any atom is -0.505 e. The van der Waals surface area contributed by atoms with Crippen LogP contribution in [0.2, 0.25) is 0 Å². The number of aryl methyl sites for hydroxylation is 1. The number of halogens is 2. The van der Waals surface area contributed by atoms with Crippen LogP contribution in [0.5, 0.6) is 5.75 Å². The first-order chi connectivity index (χ1) is 13.6. The summed E-state index contributed by atoms with van der Waals surface area (Å²) >= 11 is 0. The van der Waals surface area contributed by atoms with Crippen molar-refractivity contribution in [2.75, 3.05) is 12.4 Å². The van der Waals surface area contributed by atoms with Crippen LogP contribution in [0.4, 0.5) is 14.5 Å². The number of nitrogens with one attached hydrogen (secondary N) is 3. The largest absolute Gasteiger partial charge is 0.505 e. The number of aromatic hydroxyl groups is 1. The molecule has 0 unspecified atom stereocenters. The van der Waals surface area contributed by atoms with Crippen LogP contribution in [0.1, 0.15) is 41.1 Å². The molecule has 0 saturated carbocycles. The molecule has 1 amide bonds. The molecular weight excluding hydrogens is 384 g/mol. The highest BCUT2D eigenvalue weighted by Crippen LogP contribution is 2.37. The average molecular weight is 405 g/mol. The van der Waals surface area contributed by atoms with Crippen molar-refractivity contribution in [3.05, 3.63) is 58.8 Å². The van der Waals surface area contributed by atoms with Crippen LogP contribution < -0.4 is 16.0 Å². The number of allylic oxidation sites excluding steroid dienone is 2. The Kier molecular flexibility index (Phi) is 5.32. The number of rotatable bonds is 7. The number of phenolic OH excluding ortho intramolecular Hbond substituents is 1. The highest BCUT2D eigenvalue weighted by molar-refractivity contribution is 6.07. The summed E-state index contributed by atoms with van der Waals surface area (Å²) in [6.45, 7) is 2.48. The number of para-hydroxylation sites is 1. The standard InChI is InChI=1S/C20H21F2N3O4/c1-10-7-15(29-9-10)18(20(2,21)22)25-13-8-14(26)16(13)24-12-6-4-5-11(17(12)27)19(28)23-3/h4-7,9,18,24-25,27H,8H2,1-3H3,(H,23,28)/t18-/m0/s1. The van der Waals surface area contributed by atoms with Crippen LogP contribution in [-0.2, 0) is 4.79 Å². The molecular formula is C20H21F2N3O4. The zero-order valence-corrected chi connectivity index (χ0v) is 16.1. The molecule has 2 aromatic rings. The van der Waals surface area contributed by atoms with E-state index in [9.17, 15) is 23.5 Å². The Morgan fingerprint density at radius 2 is 2.07 bits per heavy atom. The normalized spacial score (nSPS) is 15.0. The predicted octanol–water partition coefficient (Wildman–Crippen LogP) is 3.24. The molecule has 7 nitrogen and oxygen atoms in total. The van der Waals surface area contributed by atoms with Crippen LogP contribution in [0.25, 0.3) is 0 Å². The van der Waals surface area contributed by atoms with Crippen molar-refractivity contribution < 1.29 is 27.9 Å². The third kappa shape index (κ3) is 4.08. The number of hydrogen-bond acceptors (Lipinski definition) is 6. The third-order valence-corrected chi connectivity index (χ3v) is 4.55. The molecule has 1 aromatic heterocycles. The first-order valence-corrected chi connectivity index (χ1v) is 8.88. The second-order valence-corrected chi connectivity index (χ2v) is 6.92. The van der Waals surface area contributed by atoms with Crippen molar-refractivity contribution in [3.8, 4) is 5.75 Å². The average Bonchev–Trinajstić information content (AvgIpc) is 3.08. The van der Waals surface area contributed by atoms with Gasteiger partial charge in [0.15, 0.2) is 11.5 Å². The summed E-state index contributed by atoms with van der Waals surface area (Å²) in [6.07, 6.45) is 1.31. The van der Waals surface area contributed by atoms with Crippen molar-refractivity contribution in [1.82, 2.24) is 10.6 Å². The summed E-state index contributed by atoms with van der Waals surface area (Å²) in [5.41, 5.74) is 1.14. The van der Waals surface area contributed by atoms with Gasteiger partial charge >= 0.3 is 0 Å². The fourth-order valence-electron chi connectivity index (χ4n) is 2.99. The number of phenols is 1. The Hall–Kier alpha value is -3.36. The fraction of sp³-hybridized carbons (Fsp3) is 0.300. The van der Waals surface area contributed by atoms with E-state index < -0.39 is 17.9 Å². The predicted molar refractivity (Wildman–Crippen MR) is 102 cm³/mol. The van der Waals surface area contributed by atoms with E-state index in [1.54, 1.807) is 6.92 Å². The summed E-state index contributed by atoms with van der Waals surface area (Å²) in [5.74, 6) is -4.28. The molecule has 1 aromatic carbocycles. The van der Waals surface area contributed by atoms with Gasteiger partial charge in [0.1, 0.15) is 17.5 Å². The molecule has 0 aliphatic heterocycles. The number of benzene rings is 1. The molecule has 1 aliphatic rings. The van der Waals surface area contributed by atoms with Gasteiger partial charge in [-0.15, -0.1) is 0 Å².